The first-order valence-corrected chi connectivity index (χ1v) is 6.23. The second kappa shape index (κ2) is 6.71. The molecule has 0 fully saturated rings. The minimum atomic E-state index is 0.0873. The summed E-state index contributed by atoms with van der Waals surface area (Å²) >= 11 is 0. The number of nitrogens with two attached hydrogens (primary N) is 1. The van der Waals surface area contributed by atoms with Crippen LogP contribution in [-0.4, -0.2) is 24.0 Å². The third-order valence-electron chi connectivity index (χ3n) is 2.75. The lowest BCUT2D eigenvalue weighted by Gasteiger charge is -2.32. The molecule has 92 valence electrons. The zero-order valence-electron chi connectivity index (χ0n) is 10.6. The third kappa shape index (κ3) is 3.35. The summed E-state index contributed by atoms with van der Waals surface area (Å²) in [5.74, 6) is 0.983. The molecule has 2 N–H and O–H groups in total. The minimum absolute atomic E-state index is 0.0873. The van der Waals surface area contributed by atoms with Crippen LogP contribution in [0.4, 0.5) is 0 Å². The fourth-order valence-corrected chi connectivity index (χ4v) is 2.20. The highest BCUT2D eigenvalue weighted by atomic mass is 16.3. The molecule has 3 heteroatoms. The van der Waals surface area contributed by atoms with Crippen molar-refractivity contribution in [1.82, 2.24) is 4.90 Å². The van der Waals surface area contributed by atoms with Gasteiger partial charge in [0.25, 0.3) is 0 Å². The third-order valence-corrected chi connectivity index (χ3v) is 2.75. The Balaban J connectivity index is 2.81. The van der Waals surface area contributed by atoms with Gasteiger partial charge in [-0.1, -0.05) is 13.8 Å². The number of rotatable bonds is 7. The zero-order chi connectivity index (χ0) is 12.0. The summed E-state index contributed by atoms with van der Waals surface area (Å²) < 4.78 is 5.51. The Kier molecular flexibility index (Phi) is 5.56. The molecule has 0 aliphatic rings. The van der Waals surface area contributed by atoms with E-state index < -0.39 is 0 Å². The van der Waals surface area contributed by atoms with E-state index in [1.54, 1.807) is 6.26 Å². The van der Waals surface area contributed by atoms with Crippen LogP contribution >= 0.6 is 0 Å². The van der Waals surface area contributed by atoms with Gasteiger partial charge in [-0.3, -0.25) is 4.90 Å². The molecular formula is C13H24N2O. The first-order valence-electron chi connectivity index (χ1n) is 6.23. The topological polar surface area (TPSA) is 42.4 Å². The average molecular weight is 224 g/mol. The van der Waals surface area contributed by atoms with Crippen molar-refractivity contribution in [3.63, 3.8) is 0 Å². The van der Waals surface area contributed by atoms with E-state index in [1.807, 2.05) is 19.1 Å². The predicted octanol–water partition coefficient (Wildman–Crippen LogP) is 2.79. The normalized spacial score (nSPS) is 15.3. The fraction of sp³-hybridized carbons (Fsp3) is 0.692. The molecule has 3 nitrogen and oxygen atoms in total. The van der Waals surface area contributed by atoms with Crippen molar-refractivity contribution in [3.8, 4) is 0 Å². The van der Waals surface area contributed by atoms with Crippen molar-refractivity contribution in [3.05, 3.63) is 24.2 Å². The molecule has 2 atom stereocenters. The van der Waals surface area contributed by atoms with Gasteiger partial charge in [-0.25, -0.2) is 0 Å². The molecular weight excluding hydrogens is 200 g/mol. The Morgan fingerprint density at radius 3 is 2.31 bits per heavy atom. The van der Waals surface area contributed by atoms with Gasteiger partial charge in [-0.05, 0) is 45.0 Å². The highest BCUT2D eigenvalue weighted by molar-refractivity contribution is 5.07. The Morgan fingerprint density at radius 2 is 1.94 bits per heavy atom. The molecule has 0 spiro atoms. The molecule has 0 radical (unpaired) electrons. The molecule has 16 heavy (non-hydrogen) atoms. The molecule has 0 amide bonds. The van der Waals surface area contributed by atoms with Crippen LogP contribution in [0.5, 0.6) is 0 Å². The van der Waals surface area contributed by atoms with Crippen molar-refractivity contribution in [1.29, 1.82) is 0 Å². The van der Waals surface area contributed by atoms with Gasteiger partial charge in [0.05, 0.1) is 12.3 Å². The highest BCUT2D eigenvalue weighted by Crippen LogP contribution is 2.24. The molecule has 1 rings (SSSR count). The Labute approximate surface area is 98.6 Å². The van der Waals surface area contributed by atoms with Crippen molar-refractivity contribution in [2.75, 3.05) is 13.1 Å². The van der Waals surface area contributed by atoms with E-state index in [2.05, 4.69) is 18.7 Å². The molecule has 0 saturated heterocycles. The summed E-state index contributed by atoms with van der Waals surface area (Å²) in [5.41, 5.74) is 6.09. The quantitative estimate of drug-likeness (QED) is 0.774. The van der Waals surface area contributed by atoms with Gasteiger partial charge in [-0.2, -0.15) is 0 Å². The van der Waals surface area contributed by atoms with Crippen LogP contribution in [0.3, 0.4) is 0 Å². The van der Waals surface area contributed by atoms with Crippen LogP contribution in [0, 0.1) is 0 Å². The minimum Gasteiger partial charge on any atom is -0.468 e. The lowest BCUT2D eigenvalue weighted by atomic mass is 10.1. The maximum Gasteiger partial charge on any atom is 0.122 e. The van der Waals surface area contributed by atoms with E-state index in [-0.39, 0.29) is 12.1 Å². The van der Waals surface area contributed by atoms with E-state index in [9.17, 15) is 0 Å². The second-order valence-electron chi connectivity index (χ2n) is 4.36. The zero-order valence-corrected chi connectivity index (χ0v) is 10.6. The smallest absolute Gasteiger partial charge is 0.122 e. The van der Waals surface area contributed by atoms with Gasteiger partial charge in [0.15, 0.2) is 0 Å². The SMILES string of the molecule is CCCN(CCC)C(c1ccco1)C(C)N. The van der Waals surface area contributed by atoms with Gasteiger partial charge in [0.2, 0.25) is 0 Å². The number of hydrogen-bond acceptors (Lipinski definition) is 3. The van der Waals surface area contributed by atoms with E-state index in [0.717, 1.165) is 31.7 Å². The summed E-state index contributed by atoms with van der Waals surface area (Å²) in [4.78, 5) is 2.42. The molecule has 1 aromatic rings. The number of furan rings is 1. The van der Waals surface area contributed by atoms with Crippen LogP contribution in [-0.2, 0) is 0 Å². The van der Waals surface area contributed by atoms with Crippen molar-refractivity contribution in [2.45, 2.75) is 45.7 Å². The molecule has 0 bridgehead atoms. The summed E-state index contributed by atoms with van der Waals surface area (Å²) in [6.45, 7) is 8.58. The molecule has 1 aromatic heterocycles. The molecule has 0 aliphatic carbocycles. The largest absolute Gasteiger partial charge is 0.468 e. The predicted molar refractivity (Wildman–Crippen MR) is 67.3 cm³/mol. The molecule has 2 unspecified atom stereocenters. The standard InChI is InChI=1S/C13H24N2O/c1-4-8-15(9-5-2)13(11(3)14)12-7-6-10-16-12/h6-7,10-11,13H,4-5,8-9,14H2,1-3H3. The highest BCUT2D eigenvalue weighted by Gasteiger charge is 2.25. The van der Waals surface area contributed by atoms with Crippen molar-refractivity contribution in [2.24, 2.45) is 5.73 Å². The lowest BCUT2D eigenvalue weighted by molar-refractivity contribution is 0.155. The van der Waals surface area contributed by atoms with Crippen molar-refractivity contribution < 1.29 is 4.42 Å². The first kappa shape index (κ1) is 13.3. The molecule has 0 aliphatic heterocycles. The maximum absolute atomic E-state index is 6.09. The van der Waals surface area contributed by atoms with Crippen molar-refractivity contribution >= 4 is 0 Å². The molecule has 0 saturated carbocycles. The van der Waals surface area contributed by atoms with Gasteiger partial charge < -0.3 is 10.2 Å². The van der Waals surface area contributed by atoms with Crippen LogP contribution in [0.1, 0.15) is 45.4 Å². The summed E-state index contributed by atoms with van der Waals surface area (Å²) in [7, 11) is 0. The summed E-state index contributed by atoms with van der Waals surface area (Å²) in [6.07, 6.45) is 4.01. The summed E-state index contributed by atoms with van der Waals surface area (Å²) in [5, 5.41) is 0. The Hall–Kier alpha value is -0.800. The number of nitrogens with zero attached hydrogens (tertiary/aromatic N) is 1. The first-order chi connectivity index (χ1) is 7.70. The lowest BCUT2D eigenvalue weighted by Crippen LogP contribution is -2.40. The van der Waals surface area contributed by atoms with Crippen LogP contribution in [0.2, 0.25) is 0 Å². The summed E-state index contributed by atoms with van der Waals surface area (Å²) in [6, 6.07) is 4.24. The number of hydrogen-bond donors (Lipinski definition) is 1. The van der Waals surface area contributed by atoms with Crippen LogP contribution in [0.25, 0.3) is 0 Å². The van der Waals surface area contributed by atoms with E-state index in [4.69, 9.17) is 10.2 Å². The van der Waals surface area contributed by atoms with E-state index in [1.165, 1.54) is 0 Å². The monoisotopic (exact) mass is 224 g/mol. The van der Waals surface area contributed by atoms with Gasteiger partial charge in [0, 0.05) is 6.04 Å². The van der Waals surface area contributed by atoms with Gasteiger partial charge in [-0.15, -0.1) is 0 Å². The second-order valence-corrected chi connectivity index (χ2v) is 4.36. The average Bonchev–Trinajstić information content (AvgIpc) is 2.71. The van der Waals surface area contributed by atoms with E-state index in [0.29, 0.717) is 0 Å². The fourth-order valence-electron chi connectivity index (χ4n) is 2.20. The van der Waals surface area contributed by atoms with Crippen LogP contribution in [0.15, 0.2) is 22.8 Å². The maximum atomic E-state index is 6.09. The van der Waals surface area contributed by atoms with Crippen LogP contribution < -0.4 is 5.73 Å². The van der Waals surface area contributed by atoms with Gasteiger partial charge in [0.1, 0.15) is 5.76 Å². The molecule has 1 heterocycles. The van der Waals surface area contributed by atoms with Gasteiger partial charge >= 0.3 is 0 Å². The Bertz CT molecular complexity index is 263. The Morgan fingerprint density at radius 1 is 1.31 bits per heavy atom. The van der Waals surface area contributed by atoms with E-state index >= 15 is 0 Å². The molecule has 0 aromatic carbocycles.